The summed E-state index contributed by atoms with van der Waals surface area (Å²) in [5, 5.41) is 4.82. The maximum Gasteiger partial charge on any atom is 0.418 e. The fourth-order valence-electron chi connectivity index (χ4n) is 4.64. The average molecular weight is 555 g/mol. The first-order valence-corrected chi connectivity index (χ1v) is 11.8. The first kappa shape index (κ1) is 25.5. The number of hydrogen-bond donors (Lipinski definition) is 1. The maximum atomic E-state index is 14.7. The molecule has 0 unspecified atom stereocenters. The van der Waals surface area contributed by atoms with Crippen LogP contribution in [0, 0.1) is 23.3 Å². The molecule has 2 aromatic heterocycles. The summed E-state index contributed by atoms with van der Waals surface area (Å²) in [6, 6.07) is 14.9. The lowest BCUT2D eigenvalue weighted by molar-refractivity contribution is -0.136. The first-order valence-electron chi connectivity index (χ1n) is 11.8. The number of hydrogen-bond acceptors (Lipinski definition) is 2. The molecule has 0 aliphatic rings. The lowest BCUT2D eigenvalue weighted by atomic mass is 10.0. The van der Waals surface area contributed by atoms with Crippen LogP contribution in [0.2, 0.25) is 0 Å². The second-order valence-electron chi connectivity index (χ2n) is 9.03. The van der Waals surface area contributed by atoms with Crippen molar-refractivity contribution in [3.8, 4) is 22.8 Å². The van der Waals surface area contributed by atoms with Crippen LogP contribution in [-0.4, -0.2) is 14.8 Å². The van der Waals surface area contributed by atoms with Gasteiger partial charge in [0.25, 0.3) is 0 Å². The van der Waals surface area contributed by atoms with Crippen LogP contribution in [-0.2, 0) is 12.7 Å². The van der Waals surface area contributed by atoms with Gasteiger partial charge in [0.2, 0.25) is 0 Å². The number of ether oxygens (including phenoxy) is 1. The number of benzene rings is 4. The van der Waals surface area contributed by atoms with Crippen molar-refractivity contribution in [2.45, 2.75) is 12.7 Å². The van der Waals surface area contributed by atoms with Gasteiger partial charge in [0.1, 0.15) is 28.7 Å². The van der Waals surface area contributed by atoms with Gasteiger partial charge in [0.05, 0.1) is 17.8 Å². The van der Waals surface area contributed by atoms with Gasteiger partial charge >= 0.3 is 6.18 Å². The molecule has 4 nitrogen and oxygen atoms in total. The SMILES string of the molecule is Fc1cc(F)c(Cn2nc3c(C(F)(F)F)cccc3c2-c2cccc(Oc3cc4cc[nH]c4cc3F)c2)c(F)c1. The van der Waals surface area contributed by atoms with Gasteiger partial charge in [-0.3, -0.25) is 4.68 Å². The Balaban J connectivity index is 1.50. The Kier molecular flexibility index (Phi) is 6.01. The van der Waals surface area contributed by atoms with Gasteiger partial charge < -0.3 is 9.72 Å². The van der Waals surface area contributed by atoms with Gasteiger partial charge in [-0.05, 0) is 30.3 Å². The molecule has 6 rings (SSSR count). The number of rotatable bonds is 5. The molecule has 6 aromatic rings. The van der Waals surface area contributed by atoms with Gasteiger partial charge in [-0.25, -0.2) is 17.6 Å². The van der Waals surface area contributed by atoms with Crippen LogP contribution in [0.4, 0.5) is 30.7 Å². The Hall–Kier alpha value is -4.80. The highest BCUT2D eigenvalue weighted by atomic mass is 19.4. The summed E-state index contributed by atoms with van der Waals surface area (Å²) < 4.78 is 105. The van der Waals surface area contributed by atoms with Crippen molar-refractivity contribution >= 4 is 21.8 Å². The largest absolute Gasteiger partial charge is 0.454 e. The van der Waals surface area contributed by atoms with Crippen molar-refractivity contribution in [1.29, 1.82) is 0 Å². The summed E-state index contributed by atoms with van der Waals surface area (Å²) in [7, 11) is 0. The number of alkyl halides is 3. The van der Waals surface area contributed by atoms with E-state index in [4.69, 9.17) is 4.74 Å². The first-order chi connectivity index (χ1) is 19.1. The number of aromatic nitrogens is 3. The van der Waals surface area contributed by atoms with E-state index in [9.17, 15) is 30.7 Å². The van der Waals surface area contributed by atoms with Crippen LogP contribution in [0.15, 0.2) is 79.0 Å². The maximum absolute atomic E-state index is 14.7. The third kappa shape index (κ3) is 4.53. The number of halogens is 7. The van der Waals surface area contributed by atoms with E-state index in [1.54, 1.807) is 18.3 Å². The summed E-state index contributed by atoms with van der Waals surface area (Å²) in [6.45, 7) is -0.636. The predicted octanol–water partition coefficient (Wildman–Crippen LogP) is 8.60. The van der Waals surface area contributed by atoms with Gasteiger partial charge in [-0.1, -0.05) is 24.3 Å². The van der Waals surface area contributed by atoms with E-state index in [0.29, 0.717) is 23.0 Å². The van der Waals surface area contributed by atoms with Crippen molar-refractivity contribution < 1.29 is 35.5 Å². The van der Waals surface area contributed by atoms with Crippen LogP contribution in [0.25, 0.3) is 33.1 Å². The molecule has 0 amide bonds. The van der Waals surface area contributed by atoms with Crippen molar-refractivity contribution in [2.75, 3.05) is 0 Å². The van der Waals surface area contributed by atoms with Crippen LogP contribution >= 0.6 is 0 Å². The zero-order valence-electron chi connectivity index (χ0n) is 20.2. The Morgan fingerprint density at radius 1 is 0.825 bits per heavy atom. The smallest absolute Gasteiger partial charge is 0.418 e. The molecule has 0 fully saturated rings. The Bertz CT molecular complexity index is 1880. The van der Waals surface area contributed by atoms with Crippen molar-refractivity contribution in [2.24, 2.45) is 0 Å². The third-order valence-corrected chi connectivity index (χ3v) is 6.43. The van der Waals surface area contributed by atoms with Crippen LogP contribution in [0.3, 0.4) is 0 Å². The van der Waals surface area contributed by atoms with E-state index >= 15 is 0 Å². The lowest BCUT2D eigenvalue weighted by Gasteiger charge is -2.12. The van der Waals surface area contributed by atoms with Crippen molar-refractivity contribution in [3.05, 3.63) is 113 Å². The zero-order chi connectivity index (χ0) is 28.2. The molecule has 0 saturated heterocycles. The minimum atomic E-state index is -4.76. The van der Waals surface area contributed by atoms with E-state index < -0.39 is 52.6 Å². The minimum Gasteiger partial charge on any atom is -0.454 e. The van der Waals surface area contributed by atoms with Gasteiger partial charge in [0.15, 0.2) is 11.6 Å². The summed E-state index contributed by atoms with van der Waals surface area (Å²) >= 11 is 0. The van der Waals surface area contributed by atoms with E-state index in [0.717, 1.165) is 10.7 Å². The monoisotopic (exact) mass is 555 g/mol. The molecule has 40 heavy (non-hydrogen) atoms. The quantitative estimate of drug-likeness (QED) is 0.217. The van der Waals surface area contributed by atoms with Crippen LogP contribution < -0.4 is 4.74 Å². The van der Waals surface area contributed by atoms with E-state index in [1.165, 1.54) is 42.5 Å². The minimum absolute atomic E-state index is 0.0508. The van der Waals surface area contributed by atoms with E-state index in [-0.39, 0.29) is 28.1 Å². The molecule has 4 aromatic carbocycles. The molecule has 0 radical (unpaired) electrons. The molecule has 0 atom stereocenters. The standard InChI is InChI=1S/C29H16F7N3O/c30-17-11-22(31)20(23(32)12-17)14-39-28(19-5-2-6-21(27(19)38-39)29(34,35)36)16-3-1-4-18(9-16)40-26-10-15-7-8-37-25(15)13-24(26)33/h1-13,37H,14H2. The normalized spacial score (nSPS) is 12.0. The van der Waals surface area contributed by atoms with E-state index in [2.05, 4.69) is 10.1 Å². The summed E-state index contributed by atoms with van der Waals surface area (Å²) in [6.07, 6.45) is -3.12. The van der Waals surface area contributed by atoms with Gasteiger partial charge in [0, 0.05) is 51.8 Å². The fraction of sp³-hybridized carbons (Fsp3) is 0.0690. The van der Waals surface area contributed by atoms with Gasteiger partial charge in [-0.15, -0.1) is 0 Å². The lowest BCUT2D eigenvalue weighted by Crippen LogP contribution is -2.09. The number of fused-ring (bicyclic) bond motifs is 2. The molecule has 2 heterocycles. The predicted molar refractivity (Wildman–Crippen MR) is 134 cm³/mol. The molecule has 11 heteroatoms. The molecular formula is C29H16F7N3O. The molecule has 1 N–H and O–H groups in total. The number of nitrogens with one attached hydrogen (secondary N) is 1. The third-order valence-electron chi connectivity index (χ3n) is 6.43. The van der Waals surface area contributed by atoms with Gasteiger partial charge in [-0.2, -0.15) is 18.3 Å². The second kappa shape index (κ2) is 9.44. The number of H-pyrrole nitrogens is 1. The molecule has 0 bridgehead atoms. The summed E-state index contributed by atoms with van der Waals surface area (Å²) in [4.78, 5) is 2.89. The molecule has 0 spiro atoms. The Morgan fingerprint density at radius 3 is 2.33 bits per heavy atom. The molecule has 202 valence electrons. The highest BCUT2D eigenvalue weighted by Crippen LogP contribution is 2.39. The highest BCUT2D eigenvalue weighted by molar-refractivity contribution is 5.95. The van der Waals surface area contributed by atoms with E-state index in [1.807, 2.05) is 0 Å². The highest BCUT2D eigenvalue weighted by Gasteiger charge is 2.34. The molecule has 0 aliphatic carbocycles. The summed E-state index contributed by atoms with van der Waals surface area (Å²) in [5.74, 6) is -4.15. The number of aromatic amines is 1. The zero-order valence-corrected chi connectivity index (χ0v) is 20.2. The fourth-order valence-corrected chi connectivity index (χ4v) is 4.64. The molecule has 0 aliphatic heterocycles. The Morgan fingerprint density at radius 2 is 1.57 bits per heavy atom. The molecular weight excluding hydrogens is 539 g/mol. The van der Waals surface area contributed by atoms with Crippen molar-refractivity contribution in [1.82, 2.24) is 14.8 Å². The van der Waals surface area contributed by atoms with Crippen molar-refractivity contribution in [3.63, 3.8) is 0 Å². The van der Waals surface area contributed by atoms with Crippen LogP contribution in [0.1, 0.15) is 11.1 Å². The number of nitrogens with zero attached hydrogens (tertiary/aromatic N) is 2. The second-order valence-corrected chi connectivity index (χ2v) is 9.03. The summed E-state index contributed by atoms with van der Waals surface area (Å²) in [5.41, 5.74) is -1.13. The average Bonchev–Trinajstić information content (AvgIpc) is 3.49. The topological polar surface area (TPSA) is 42.8 Å². The van der Waals surface area contributed by atoms with Crippen LogP contribution in [0.5, 0.6) is 11.5 Å². The Labute approximate surface area is 221 Å². The molecule has 0 saturated carbocycles.